The highest BCUT2D eigenvalue weighted by molar-refractivity contribution is 5.22. The van der Waals surface area contributed by atoms with Crippen molar-refractivity contribution in [2.45, 2.75) is 26.1 Å². The summed E-state index contributed by atoms with van der Waals surface area (Å²) in [6.45, 7) is 3.71. The van der Waals surface area contributed by atoms with Crippen molar-refractivity contribution in [1.82, 2.24) is 5.32 Å². The molecular weight excluding hydrogens is 179 g/mol. The molecule has 74 valence electrons. The number of hydrogen-bond donors (Lipinski definition) is 1. The Morgan fingerprint density at radius 2 is 2.00 bits per heavy atom. The molecule has 0 saturated carbocycles. The monoisotopic (exact) mass is 191 g/mol. The largest absolute Gasteiger partial charge is 0.412 e. The Morgan fingerprint density at radius 1 is 1.38 bits per heavy atom. The van der Waals surface area contributed by atoms with Crippen molar-refractivity contribution in [2.24, 2.45) is 5.92 Å². The molecule has 1 unspecified atom stereocenters. The Morgan fingerprint density at radius 3 is 2.46 bits per heavy atom. The van der Waals surface area contributed by atoms with Crippen molar-refractivity contribution in [3.05, 3.63) is 23.9 Å². The maximum Gasteiger partial charge on any atom is 0.412 e. The van der Waals surface area contributed by atoms with Crippen molar-refractivity contribution >= 4 is 0 Å². The van der Waals surface area contributed by atoms with Gasteiger partial charge in [-0.3, -0.25) is 0 Å². The zero-order valence-corrected chi connectivity index (χ0v) is 7.52. The van der Waals surface area contributed by atoms with E-state index in [1.165, 1.54) is 6.08 Å². The average molecular weight is 191 g/mol. The molecule has 0 aromatic rings. The standard InChI is InChI=1S/C9H12F3N/c1-6(2)7-4-3-5-8(13-7)9(10,11)12/h3-6,8,13H,1-2H3. The van der Waals surface area contributed by atoms with Crippen LogP contribution in [0.3, 0.4) is 0 Å². The van der Waals surface area contributed by atoms with Crippen LogP contribution in [-0.4, -0.2) is 12.2 Å². The third-order valence-corrected chi connectivity index (χ3v) is 1.88. The lowest BCUT2D eigenvalue weighted by molar-refractivity contribution is -0.143. The lowest BCUT2D eigenvalue weighted by Crippen LogP contribution is -2.42. The molecule has 1 atom stereocenters. The highest BCUT2D eigenvalue weighted by Crippen LogP contribution is 2.25. The first kappa shape index (κ1) is 10.2. The molecule has 0 aliphatic carbocycles. The molecule has 0 aromatic heterocycles. The van der Waals surface area contributed by atoms with E-state index in [0.717, 1.165) is 6.08 Å². The van der Waals surface area contributed by atoms with Crippen LogP contribution in [0.25, 0.3) is 0 Å². The summed E-state index contributed by atoms with van der Waals surface area (Å²) in [6, 6.07) is -1.53. The molecule has 1 N–H and O–H groups in total. The normalized spacial score (nSPS) is 22.9. The summed E-state index contributed by atoms with van der Waals surface area (Å²) in [5, 5.41) is 2.44. The maximum absolute atomic E-state index is 12.2. The molecule has 4 heteroatoms. The lowest BCUT2D eigenvalue weighted by atomic mass is 10.1. The predicted octanol–water partition coefficient (Wildman–Crippen LogP) is 2.62. The highest BCUT2D eigenvalue weighted by Gasteiger charge is 2.38. The molecule has 0 spiro atoms. The van der Waals surface area contributed by atoms with Crippen LogP contribution in [0.4, 0.5) is 13.2 Å². The fraction of sp³-hybridized carbons (Fsp3) is 0.556. The van der Waals surface area contributed by atoms with Crippen molar-refractivity contribution in [2.75, 3.05) is 0 Å². The van der Waals surface area contributed by atoms with Crippen molar-refractivity contribution < 1.29 is 13.2 Å². The Kier molecular flexibility index (Phi) is 2.68. The summed E-state index contributed by atoms with van der Waals surface area (Å²) < 4.78 is 36.7. The van der Waals surface area contributed by atoms with E-state index in [4.69, 9.17) is 0 Å². The minimum atomic E-state index is -4.20. The molecule has 13 heavy (non-hydrogen) atoms. The summed E-state index contributed by atoms with van der Waals surface area (Å²) in [5.74, 6) is 0.0924. The smallest absolute Gasteiger partial charge is 0.374 e. The molecule has 1 aliphatic rings. The van der Waals surface area contributed by atoms with Gasteiger partial charge in [0, 0.05) is 5.70 Å². The first-order valence-corrected chi connectivity index (χ1v) is 4.13. The topological polar surface area (TPSA) is 12.0 Å². The minimum absolute atomic E-state index is 0.0924. The lowest BCUT2D eigenvalue weighted by Gasteiger charge is -2.25. The minimum Gasteiger partial charge on any atom is -0.374 e. The van der Waals surface area contributed by atoms with Gasteiger partial charge in [-0.1, -0.05) is 26.0 Å². The van der Waals surface area contributed by atoms with Gasteiger partial charge in [0.2, 0.25) is 0 Å². The van der Waals surface area contributed by atoms with Crippen molar-refractivity contribution in [3.63, 3.8) is 0 Å². The van der Waals surface area contributed by atoms with E-state index in [1.807, 2.05) is 13.8 Å². The van der Waals surface area contributed by atoms with Gasteiger partial charge in [0.15, 0.2) is 0 Å². The van der Waals surface area contributed by atoms with Gasteiger partial charge < -0.3 is 5.32 Å². The van der Waals surface area contributed by atoms with Gasteiger partial charge in [-0.2, -0.15) is 13.2 Å². The van der Waals surface area contributed by atoms with Crippen LogP contribution in [0.1, 0.15) is 13.8 Å². The van der Waals surface area contributed by atoms with Gasteiger partial charge in [-0.25, -0.2) is 0 Å². The van der Waals surface area contributed by atoms with Gasteiger partial charge in [0.05, 0.1) is 0 Å². The number of allylic oxidation sites excluding steroid dienone is 3. The van der Waals surface area contributed by atoms with E-state index in [1.54, 1.807) is 6.08 Å². The summed E-state index contributed by atoms with van der Waals surface area (Å²) in [5.41, 5.74) is 0.629. The molecule has 1 nitrogen and oxygen atoms in total. The molecule has 1 rings (SSSR count). The second-order valence-corrected chi connectivity index (χ2v) is 3.33. The average Bonchev–Trinajstić information content (AvgIpc) is 2.03. The summed E-state index contributed by atoms with van der Waals surface area (Å²) in [6.07, 6.45) is 0.0354. The second-order valence-electron chi connectivity index (χ2n) is 3.33. The number of nitrogens with one attached hydrogen (secondary N) is 1. The second kappa shape index (κ2) is 3.44. The molecule has 0 saturated heterocycles. The van der Waals surface area contributed by atoms with Crippen LogP contribution < -0.4 is 5.32 Å². The molecule has 0 bridgehead atoms. The number of alkyl halides is 3. The number of halogens is 3. The van der Waals surface area contributed by atoms with E-state index in [-0.39, 0.29) is 5.92 Å². The van der Waals surface area contributed by atoms with Gasteiger partial charge in [-0.15, -0.1) is 0 Å². The third kappa shape index (κ3) is 2.50. The van der Waals surface area contributed by atoms with E-state index < -0.39 is 12.2 Å². The van der Waals surface area contributed by atoms with E-state index in [0.29, 0.717) is 5.70 Å². The van der Waals surface area contributed by atoms with Gasteiger partial charge >= 0.3 is 6.18 Å². The number of rotatable bonds is 1. The van der Waals surface area contributed by atoms with E-state index in [9.17, 15) is 13.2 Å². The Hall–Kier alpha value is -0.930. The zero-order chi connectivity index (χ0) is 10.1. The van der Waals surface area contributed by atoms with Crippen LogP contribution >= 0.6 is 0 Å². The maximum atomic E-state index is 12.2. The number of hydrogen-bond acceptors (Lipinski definition) is 1. The van der Waals surface area contributed by atoms with Crippen LogP contribution in [0.2, 0.25) is 0 Å². The Balaban J connectivity index is 2.70. The molecular formula is C9H12F3N. The fourth-order valence-electron chi connectivity index (χ4n) is 1.10. The zero-order valence-electron chi connectivity index (χ0n) is 7.52. The predicted molar refractivity (Wildman–Crippen MR) is 45.0 cm³/mol. The SMILES string of the molecule is CC(C)C1=CC=CC(C(F)(F)F)N1. The molecule has 0 radical (unpaired) electrons. The van der Waals surface area contributed by atoms with Gasteiger partial charge in [0.25, 0.3) is 0 Å². The first-order valence-electron chi connectivity index (χ1n) is 4.13. The Bertz CT molecular complexity index is 238. The molecule has 1 aliphatic heterocycles. The first-order chi connectivity index (χ1) is 5.91. The number of dihydropyridines is 1. The highest BCUT2D eigenvalue weighted by atomic mass is 19.4. The van der Waals surface area contributed by atoms with Gasteiger partial charge in [0.1, 0.15) is 6.04 Å². The van der Waals surface area contributed by atoms with Crippen LogP contribution in [0.15, 0.2) is 23.9 Å². The summed E-state index contributed by atoms with van der Waals surface area (Å²) >= 11 is 0. The quantitative estimate of drug-likeness (QED) is 0.671. The molecule has 0 aromatic carbocycles. The molecule has 0 amide bonds. The fourth-order valence-corrected chi connectivity index (χ4v) is 1.10. The van der Waals surface area contributed by atoms with Crippen LogP contribution in [-0.2, 0) is 0 Å². The van der Waals surface area contributed by atoms with Crippen LogP contribution in [0, 0.1) is 5.92 Å². The third-order valence-electron chi connectivity index (χ3n) is 1.88. The van der Waals surface area contributed by atoms with E-state index in [2.05, 4.69) is 5.32 Å². The van der Waals surface area contributed by atoms with Crippen molar-refractivity contribution in [3.8, 4) is 0 Å². The molecule has 0 fully saturated rings. The summed E-state index contributed by atoms with van der Waals surface area (Å²) in [7, 11) is 0. The summed E-state index contributed by atoms with van der Waals surface area (Å²) in [4.78, 5) is 0. The van der Waals surface area contributed by atoms with Crippen LogP contribution in [0.5, 0.6) is 0 Å². The molecule has 1 heterocycles. The Labute approximate surface area is 75.3 Å². The van der Waals surface area contributed by atoms with Gasteiger partial charge in [-0.05, 0) is 12.0 Å². The van der Waals surface area contributed by atoms with Crippen molar-refractivity contribution in [1.29, 1.82) is 0 Å². The van der Waals surface area contributed by atoms with E-state index >= 15 is 0 Å².